The summed E-state index contributed by atoms with van der Waals surface area (Å²) < 4.78 is 10.1. The number of ether oxygens (including phenoxy) is 1. The van der Waals surface area contributed by atoms with Gasteiger partial charge in [0.05, 0.1) is 6.42 Å². The molecule has 0 unspecified atom stereocenters. The zero-order chi connectivity index (χ0) is 16.1. The third-order valence-corrected chi connectivity index (χ3v) is 3.52. The molecule has 1 aromatic heterocycles. The van der Waals surface area contributed by atoms with Gasteiger partial charge in [0.2, 0.25) is 0 Å². The van der Waals surface area contributed by atoms with Crippen molar-refractivity contribution in [2.24, 2.45) is 5.92 Å². The van der Waals surface area contributed by atoms with E-state index in [-0.39, 0.29) is 25.0 Å². The summed E-state index contributed by atoms with van der Waals surface area (Å²) in [6.45, 7) is 5.64. The minimum Gasteiger partial charge on any atom is -0.455 e. The Balaban J connectivity index is 1.84. The molecule has 0 radical (unpaired) electrons. The SMILES string of the molecule is CC(C)[C@H](C)NC(=O)COC(=O)Cc1noc2ccccc12. The van der Waals surface area contributed by atoms with Crippen LogP contribution in [0.3, 0.4) is 0 Å². The summed E-state index contributed by atoms with van der Waals surface area (Å²) in [5.74, 6) is -0.493. The summed E-state index contributed by atoms with van der Waals surface area (Å²) in [5, 5.41) is 7.41. The number of amides is 1. The number of para-hydroxylation sites is 1. The number of nitrogens with zero attached hydrogens (tertiary/aromatic N) is 1. The van der Waals surface area contributed by atoms with E-state index in [0.29, 0.717) is 17.2 Å². The van der Waals surface area contributed by atoms with Crippen LogP contribution in [0.4, 0.5) is 0 Å². The van der Waals surface area contributed by atoms with E-state index in [0.717, 1.165) is 5.39 Å². The smallest absolute Gasteiger partial charge is 0.312 e. The van der Waals surface area contributed by atoms with Crippen LogP contribution in [0, 0.1) is 5.92 Å². The van der Waals surface area contributed by atoms with Crippen LogP contribution in [0.25, 0.3) is 11.0 Å². The maximum absolute atomic E-state index is 11.8. The number of rotatable bonds is 6. The van der Waals surface area contributed by atoms with Crippen molar-refractivity contribution in [1.82, 2.24) is 10.5 Å². The van der Waals surface area contributed by atoms with Crippen molar-refractivity contribution in [3.63, 3.8) is 0 Å². The van der Waals surface area contributed by atoms with Gasteiger partial charge in [0.1, 0.15) is 5.69 Å². The quantitative estimate of drug-likeness (QED) is 0.826. The summed E-state index contributed by atoms with van der Waals surface area (Å²) in [7, 11) is 0. The first-order valence-electron chi connectivity index (χ1n) is 7.25. The lowest BCUT2D eigenvalue weighted by Crippen LogP contribution is -2.38. The van der Waals surface area contributed by atoms with E-state index in [9.17, 15) is 9.59 Å². The van der Waals surface area contributed by atoms with Gasteiger partial charge >= 0.3 is 5.97 Å². The van der Waals surface area contributed by atoms with Crippen molar-refractivity contribution in [3.05, 3.63) is 30.0 Å². The van der Waals surface area contributed by atoms with Crippen molar-refractivity contribution in [2.75, 3.05) is 6.61 Å². The third-order valence-electron chi connectivity index (χ3n) is 3.52. The first-order chi connectivity index (χ1) is 10.5. The van der Waals surface area contributed by atoms with Gasteiger partial charge in [0, 0.05) is 11.4 Å². The number of carbonyl (C=O) groups excluding carboxylic acids is 2. The number of benzene rings is 1. The van der Waals surface area contributed by atoms with Crippen molar-refractivity contribution >= 4 is 22.8 Å². The molecule has 6 heteroatoms. The topological polar surface area (TPSA) is 81.4 Å². The second kappa shape index (κ2) is 7.06. The molecule has 0 saturated carbocycles. The molecule has 0 spiro atoms. The van der Waals surface area contributed by atoms with Gasteiger partial charge in [-0.2, -0.15) is 0 Å². The summed E-state index contributed by atoms with van der Waals surface area (Å²) in [6.07, 6.45) is -0.0238. The minimum absolute atomic E-state index is 0.0238. The van der Waals surface area contributed by atoms with Crippen molar-refractivity contribution in [2.45, 2.75) is 33.2 Å². The standard InChI is InChI=1S/C16H20N2O4/c1-10(2)11(3)17-15(19)9-21-16(20)8-13-12-6-4-5-7-14(12)22-18-13/h4-7,10-11H,8-9H2,1-3H3,(H,17,19)/t11-/m0/s1. The van der Waals surface area contributed by atoms with Crippen molar-refractivity contribution < 1.29 is 18.8 Å². The average Bonchev–Trinajstić information content (AvgIpc) is 2.88. The van der Waals surface area contributed by atoms with Gasteiger partial charge in [-0.1, -0.05) is 31.1 Å². The van der Waals surface area contributed by atoms with Gasteiger partial charge in [-0.05, 0) is 25.0 Å². The molecule has 2 rings (SSSR count). The van der Waals surface area contributed by atoms with Gasteiger partial charge in [0.25, 0.3) is 5.91 Å². The molecule has 0 aliphatic heterocycles. The fourth-order valence-electron chi connectivity index (χ4n) is 1.86. The zero-order valence-corrected chi connectivity index (χ0v) is 13.0. The van der Waals surface area contributed by atoms with Crippen molar-refractivity contribution in [3.8, 4) is 0 Å². The predicted octanol–water partition coefficient (Wildman–Crippen LogP) is 2.07. The highest BCUT2D eigenvalue weighted by atomic mass is 16.5. The van der Waals surface area contributed by atoms with Crippen LogP contribution in [0.2, 0.25) is 0 Å². The third kappa shape index (κ3) is 4.07. The lowest BCUT2D eigenvalue weighted by atomic mass is 10.1. The molecule has 0 fully saturated rings. The van der Waals surface area contributed by atoms with Crippen molar-refractivity contribution in [1.29, 1.82) is 0 Å². The number of aromatic nitrogens is 1. The molecule has 1 amide bonds. The van der Waals surface area contributed by atoms with Gasteiger partial charge in [0.15, 0.2) is 12.2 Å². The first-order valence-corrected chi connectivity index (χ1v) is 7.25. The molecule has 2 aromatic rings. The normalized spacial score (nSPS) is 12.4. The van der Waals surface area contributed by atoms with Gasteiger partial charge in [-0.15, -0.1) is 0 Å². The van der Waals surface area contributed by atoms with Gasteiger partial charge < -0.3 is 14.6 Å². The van der Waals surface area contributed by atoms with Crippen LogP contribution < -0.4 is 5.32 Å². The minimum atomic E-state index is -0.508. The summed E-state index contributed by atoms with van der Waals surface area (Å²) in [6, 6.07) is 7.31. The maximum atomic E-state index is 11.8. The number of esters is 1. The molecule has 22 heavy (non-hydrogen) atoms. The average molecular weight is 304 g/mol. The van der Waals surface area contributed by atoms with E-state index < -0.39 is 5.97 Å². The number of hydrogen-bond donors (Lipinski definition) is 1. The monoisotopic (exact) mass is 304 g/mol. The fraction of sp³-hybridized carbons (Fsp3) is 0.438. The Morgan fingerprint density at radius 1 is 1.27 bits per heavy atom. The summed E-state index contributed by atoms with van der Waals surface area (Å²) in [5.41, 5.74) is 1.13. The molecule has 1 N–H and O–H groups in total. The highest BCUT2D eigenvalue weighted by molar-refractivity contribution is 5.85. The number of fused-ring (bicyclic) bond motifs is 1. The lowest BCUT2D eigenvalue weighted by molar-refractivity contribution is -0.148. The number of carbonyl (C=O) groups is 2. The Hall–Kier alpha value is -2.37. The molecule has 1 atom stereocenters. The maximum Gasteiger partial charge on any atom is 0.312 e. The molecule has 0 aliphatic rings. The molecule has 0 aliphatic carbocycles. The Kier molecular flexibility index (Phi) is 5.14. The van der Waals surface area contributed by atoms with E-state index in [1.165, 1.54) is 0 Å². The van der Waals surface area contributed by atoms with Crippen LogP contribution in [0.5, 0.6) is 0 Å². The summed E-state index contributed by atoms with van der Waals surface area (Å²) in [4.78, 5) is 23.4. The largest absolute Gasteiger partial charge is 0.455 e. The Morgan fingerprint density at radius 3 is 2.73 bits per heavy atom. The molecule has 0 saturated heterocycles. The molecule has 118 valence electrons. The Bertz CT molecular complexity index is 663. The molecule has 0 bridgehead atoms. The fourth-order valence-corrected chi connectivity index (χ4v) is 1.86. The zero-order valence-electron chi connectivity index (χ0n) is 13.0. The molecular formula is C16H20N2O4. The number of hydrogen-bond acceptors (Lipinski definition) is 5. The van der Waals surface area contributed by atoms with E-state index >= 15 is 0 Å². The lowest BCUT2D eigenvalue weighted by Gasteiger charge is -2.17. The first kappa shape index (κ1) is 16.0. The summed E-state index contributed by atoms with van der Waals surface area (Å²) >= 11 is 0. The van der Waals surface area contributed by atoms with Gasteiger partial charge in [-0.3, -0.25) is 9.59 Å². The van der Waals surface area contributed by atoms with E-state index in [1.54, 1.807) is 6.07 Å². The van der Waals surface area contributed by atoms with Crippen LogP contribution in [-0.4, -0.2) is 29.7 Å². The number of nitrogens with one attached hydrogen (secondary N) is 1. The Morgan fingerprint density at radius 2 is 2.00 bits per heavy atom. The predicted molar refractivity (Wildman–Crippen MR) is 81.1 cm³/mol. The highest BCUT2D eigenvalue weighted by Gasteiger charge is 2.15. The Labute approximate surface area is 128 Å². The molecular weight excluding hydrogens is 284 g/mol. The molecule has 6 nitrogen and oxygen atoms in total. The van der Waals surface area contributed by atoms with Crippen LogP contribution >= 0.6 is 0 Å². The second-order valence-electron chi connectivity index (χ2n) is 5.56. The van der Waals surface area contributed by atoms with E-state index in [2.05, 4.69) is 10.5 Å². The highest BCUT2D eigenvalue weighted by Crippen LogP contribution is 2.18. The van der Waals surface area contributed by atoms with E-state index in [4.69, 9.17) is 9.26 Å². The van der Waals surface area contributed by atoms with E-state index in [1.807, 2.05) is 39.0 Å². The molecule has 1 heterocycles. The van der Waals surface area contributed by atoms with Crippen LogP contribution in [-0.2, 0) is 20.7 Å². The van der Waals surface area contributed by atoms with Crippen LogP contribution in [0.1, 0.15) is 26.5 Å². The second-order valence-corrected chi connectivity index (χ2v) is 5.56. The van der Waals surface area contributed by atoms with Crippen LogP contribution in [0.15, 0.2) is 28.8 Å². The van der Waals surface area contributed by atoms with Gasteiger partial charge in [-0.25, -0.2) is 0 Å². The molecule has 1 aromatic carbocycles.